The molecule has 0 amide bonds. The van der Waals surface area contributed by atoms with Crippen molar-refractivity contribution in [1.29, 1.82) is 0 Å². The molecule has 0 radical (unpaired) electrons. The molecule has 2 nitrogen and oxygen atoms in total. The fourth-order valence-corrected chi connectivity index (χ4v) is 2.41. The molecule has 0 aliphatic carbocycles. The predicted octanol–water partition coefficient (Wildman–Crippen LogP) is 2.16. The Hall–Kier alpha value is -0.310. The van der Waals surface area contributed by atoms with Gasteiger partial charge in [0.1, 0.15) is 0 Å². The van der Waals surface area contributed by atoms with Gasteiger partial charge in [-0.3, -0.25) is 0 Å². The van der Waals surface area contributed by atoms with Gasteiger partial charge >= 0.3 is 0 Å². The van der Waals surface area contributed by atoms with E-state index in [2.05, 4.69) is 0 Å². The minimum Gasteiger partial charge on any atom is -0.228 e. The molecular weight excluding hydrogens is 172 g/mol. The van der Waals surface area contributed by atoms with Gasteiger partial charge in [-0.15, -0.1) is 0 Å². The number of sulfone groups is 1. The Balaban J connectivity index is 4.89. The van der Waals surface area contributed by atoms with Crippen molar-refractivity contribution in [1.82, 2.24) is 0 Å². The zero-order chi connectivity index (χ0) is 9.99. The first-order valence-corrected chi connectivity index (χ1v) is 5.64. The summed E-state index contributed by atoms with van der Waals surface area (Å²) in [5.41, 5.74) is 0. The molecule has 0 aromatic carbocycles. The fourth-order valence-electron chi connectivity index (χ4n) is 0.932. The van der Waals surface area contributed by atoms with E-state index in [0.29, 0.717) is 0 Å². The second-order valence-electron chi connectivity index (χ2n) is 3.89. The van der Waals surface area contributed by atoms with E-state index < -0.39 is 14.6 Å². The van der Waals surface area contributed by atoms with Crippen LogP contribution in [0.1, 0.15) is 34.6 Å². The van der Waals surface area contributed by atoms with Crippen LogP contribution in [0.3, 0.4) is 0 Å². The van der Waals surface area contributed by atoms with Crippen LogP contribution < -0.4 is 0 Å². The van der Waals surface area contributed by atoms with Crippen LogP contribution in [0, 0.1) is 0 Å². The van der Waals surface area contributed by atoms with Crippen LogP contribution in [0.25, 0.3) is 0 Å². The highest BCUT2D eigenvalue weighted by atomic mass is 32.2. The molecule has 1 atom stereocenters. The summed E-state index contributed by atoms with van der Waals surface area (Å²) < 4.78 is 22.7. The summed E-state index contributed by atoms with van der Waals surface area (Å²) in [4.78, 5) is 0. The lowest BCUT2D eigenvalue weighted by molar-refractivity contribution is 0.555. The smallest absolute Gasteiger partial charge is 0.161 e. The first kappa shape index (κ1) is 11.7. The van der Waals surface area contributed by atoms with Crippen LogP contribution in [0.5, 0.6) is 0 Å². The van der Waals surface area contributed by atoms with Crippen LogP contribution in [0.15, 0.2) is 12.2 Å². The third-order valence-electron chi connectivity index (χ3n) is 1.81. The summed E-state index contributed by atoms with van der Waals surface area (Å²) in [5.74, 6) is 0. The van der Waals surface area contributed by atoms with Crippen molar-refractivity contribution < 1.29 is 8.42 Å². The molecule has 0 aliphatic rings. The van der Waals surface area contributed by atoms with Crippen LogP contribution in [0.4, 0.5) is 0 Å². The van der Waals surface area contributed by atoms with Crippen LogP contribution in [-0.2, 0) is 9.84 Å². The van der Waals surface area contributed by atoms with E-state index in [4.69, 9.17) is 0 Å². The van der Waals surface area contributed by atoms with Gasteiger partial charge in [-0.05, 0) is 34.6 Å². The van der Waals surface area contributed by atoms with Crippen molar-refractivity contribution in [3.8, 4) is 0 Å². The standard InChI is InChI=1S/C9H18O2S/c1-6-7-8(2)12(10,11)9(3,4)5/h6-8H,1-5H3/b7-6+/t8-/m0/s1. The molecule has 3 heteroatoms. The zero-order valence-electron chi connectivity index (χ0n) is 8.46. The topological polar surface area (TPSA) is 34.1 Å². The van der Waals surface area contributed by atoms with Gasteiger partial charge in [0.25, 0.3) is 0 Å². The quantitative estimate of drug-likeness (QED) is 0.625. The van der Waals surface area contributed by atoms with Crippen LogP contribution >= 0.6 is 0 Å². The molecule has 12 heavy (non-hydrogen) atoms. The van der Waals surface area contributed by atoms with E-state index in [-0.39, 0.29) is 5.25 Å². The van der Waals surface area contributed by atoms with E-state index >= 15 is 0 Å². The Morgan fingerprint density at radius 2 is 1.67 bits per heavy atom. The Morgan fingerprint density at radius 3 is 1.92 bits per heavy atom. The first-order chi connectivity index (χ1) is 5.23. The summed E-state index contributed by atoms with van der Waals surface area (Å²) in [6.07, 6.45) is 3.48. The van der Waals surface area contributed by atoms with Gasteiger partial charge in [-0.1, -0.05) is 12.2 Å². The van der Waals surface area contributed by atoms with Crippen molar-refractivity contribution in [2.24, 2.45) is 0 Å². The lowest BCUT2D eigenvalue weighted by Gasteiger charge is -2.22. The number of rotatable bonds is 2. The molecule has 0 saturated heterocycles. The molecule has 0 unspecified atom stereocenters. The second-order valence-corrected chi connectivity index (χ2v) is 6.95. The molecule has 0 aromatic heterocycles. The summed E-state index contributed by atoms with van der Waals surface area (Å²) in [6.45, 7) is 8.71. The SMILES string of the molecule is C/C=C/[C@H](C)S(=O)(=O)C(C)(C)C. The fraction of sp³-hybridized carbons (Fsp3) is 0.778. The van der Waals surface area contributed by atoms with Crippen molar-refractivity contribution in [2.45, 2.75) is 44.6 Å². The van der Waals surface area contributed by atoms with E-state index in [0.717, 1.165) is 0 Å². The van der Waals surface area contributed by atoms with Gasteiger partial charge in [-0.25, -0.2) is 8.42 Å². The Labute approximate surface area is 75.6 Å². The second kappa shape index (κ2) is 3.60. The number of hydrogen-bond donors (Lipinski definition) is 0. The number of allylic oxidation sites excluding steroid dienone is 1. The zero-order valence-corrected chi connectivity index (χ0v) is 9.27. The highest BCUT2D eigenvalue weighted by Gasteiger charge is 2.32. The van der Waals surface area contributed by atoms with E-state index in [1.807, 2.05) is 6.92 Å². The Bertz CT molecular complexity index is 255. The Kier molecular flexibility index (Phi) is 3.51. The summed E-state index contributed by atoms with van der Waals surface area (Å²) >= 11 is 0. The van der Waals surface area contributed by atoms with E-state index in [9.17, 15) is 8.42 Å². The molecule has 0 fully saturated rings. The van der Waals surface area contributed by atoms with Crippen molar-refractivity contribution in [3.63, 3.8) is 0 Å². The van der Waals surface area contributed by atoms with Gasteiger partial charge < -0.3 is 0 Å². The number of hydrogen-bond acceptors (Lipinski definition) is 2. The molecule has 0 aliphatic heterocycles. The maximum absolute atomic E-state index is 11.7. The molecule has 0 aromatic rings. The first-order valence-electron chi connectivity index (χ1n) is 4.09. The molecule has 0 saturated carbocycles. The highest BCUT2D eigenvalue weighted by molar-refractivity contribution is 7.93. The average molecular weight is 190 g/mol. The van der Waals surface area contributed by atoms with Crippen LogP contribution in [0.2, 0.25) is 0 Å². The monoisotopic (exact) mass is 190 g/mol. The average Bonchev–Trinajstić information content (AvgIpc) is 1.85. The van der Waals surface area contributed by atoms with Crippen LogP contribution in [-0.4, -0.2) is 18.4 Å². The lowest BCUT2D eigenvalue weighted by Crippen LogP contribution is -2.34. The maximum Gasteiger partial charge on any atom is 0.161 e. The third kappa shape index (κ3) is 2.34. The van der Waals surface area contributed by atoms with E-state index in [1.165, 1.54) is 0 Å². The predicted molar refractivity (Wildman–Crippen MR) is 52.9 cm³/mol. The van der Waals surface area contributed by atoms with Gasteiger partial charge in [0, 0.05) is 0 Å². The molecule has 0 N–H and O–H groups in total. The van der Waals surface area contributed by atoms with Gasteiger partial charge in [-0.2, -0.15) is 0 Å². The highest BCUT2D eigenvalue weighted by Crippen LogP contribution is 2.20. The summed E-state index contributed by atoms with van der Waals surface area (Å²) in [5, 5.41) is -0.387. The van der Waals surface area contributed by atoms with Crippen molar-refractivity contribution >= 4 is 9.84 Å². The minimum atomic E-state index is -3.03. The summed E-state index contributed by atoms with van der Waals surface area (Å²) in [7, 11) is -3.03. The summed E-state index contributed by atoms with van der Waals surface area (Å²) in [6, 6.07) is 0. The largest absolute Gasteiger partial charge is 0.228 e. The van der Waals surface area contributed by atoms with Crippen molar-refractivity contribution in [2.75, 3.05) is 0 Å². The maximum atomic E-state index is 11.7. The van der Waals surface area contributed by atoms with E-state index in [1.54, 1.807) is 39.8 Å². The molecule has 0 bridgehead atoms. The molecule has 0 heterocycles. The Morgan fingerprint density at radius 1 is 1.25 bits per heavy atom. The molecule has 0 rings (SSSR count). The van der Waals surface area contributed by atoms with Crippen molar-refractivity contribution in [3.05, 3.63) is 12.2 Å². The minimum absolute atomic E-state index is 0.387. The van der Waals surface area contributed by atoms with Gasteiger partial charge in [0.05, 0.1) is 10.00 Å². The molecule has 0 spiro atoms. The normalized spacial score (nSPS) is 16.8. The van der Waals surface area contributed by atoms with Gasteiger partial charge in [0.15, 0.2) is 9.84 Å². The molecular formula is C9H18O2S. The van der Waals surface area contributed by atoms with Gasteiger partial charge in [0.2, 0.25) is 0 Å². The molecule has 72 valence electrons. The lowest BCUT2D eigenvalue weighted by atomic mass is 10.3. The third-order valence-corrected chi connectivity index (χ3v) is 4.65.